The van der Waals surface area contributed by atoms with Crippen molar-refractivity contribution in [2.45, 2.75) is 0 Å². The first-order valence-corrected chi connectivity index (χ1v) is 14.1. The summed E-state index contributed by atoms with van der Waals surface area (Å²) >= 11 is 0. The minimum absolute atomic E-state index is 0.602. The third kappa shape index (κ3) is 4.04. The fourth-order valence-corrected chi connectivity index (χ4v) is 5.91. The second-order valence-electron chi connectivity index (χ2n) is 10.6. The van der Waals surface area contributed by atoms with Crippen molar-refractivity contribution in [3.05, 3.63) is 140 Å². The fraction of sp³-hybridized carbons (Fsp3) is 0.0263. The monoisotopic (exact) mass is 538 g/mol. The SMILES string of the molecule is Cn1c(-c2nc(-c3ccc(-c4ccccc4)cc3)cc(-c3cc4ccccc4c4ccccc34)n2)nc2ccccc21. The molecule has 198 valence electrons. The van der Waals surface area contributed by atoms with Crippen molar-refractivity contribution < 1.29 is 0 Å². The first kappa shape index (κ1) is 24.2. The number of benzene rings is 6. The van der Waals surface area contributed by atoms with Crippen molar-refractivity contribution in [2.24, 2.45) is 7.05 Å². The predicted molar refractivity (Wildman–Crippen MR) is 173 cm³/mol. The van der Waals surface area contributed by atoms with Crippen LogP contribution < -0.4 is 0 Å². The van der Waals surface area contributed by atoms with Gasteiger partial charge in [-0.25, -0.2) is 15.0 Å². The van der Waals surface area contributed by atoms with Gasteiger partial charge in [0.1, 0.15) is 0 Å². The highest BCUT2D eigenvalue weighted by Gasteiger charge is 2.18. The second-order valence-corrected chi connectivity index (χ2v) is 10.6. The Hall–Kier alpha value is -5.61. The Balaban J connectivity index is 1.37. The van der Waals surface area contributed by atoms with Crippen LogP contribution in [0.5, 0.6) is 0 Å². The van der Waals surface area contributed by atoms with Gasteiger partial charge in [0.2, 0.25) is 0 Å². The van der Waals surface area contributed by atoms with E-state index in [-0.39, 0.29) is 0 Å². The number of aryl methyl sites for hydroxylation is 1. The summed E-state index contributed by atoms with van der Waals surface area (Å²) in [5.74, 6) is 1.34. The third-order valence-electron chi connectivity index (χ3n) is 8.05. The molecule has 8 rings (SSSR count). The summed E-state index contributed by atoms with van der Waals surface area (Å²) in [6.45, 7) is 0. The predicted octanol–water partition coefficient (Wildman–Crippen LogP) is 9.34. The summed E-state index contributed by atoms with van der Waals surface area (Å²) < 4.78 is 2.08. The van der Waals surface area contributed by atoms with Gasteiger partial charge in [-0.1, -0.05) is 115 Å². The Morgan fingerprint density at radius 3 is 1.90 bits per heavy atom. The van der Waals surface area contributed by atoms with E-state index in [0.29, 0.717) is 5.82 Å². The zero-order valence-corrected chi connectivity index (χ0v) is 23.1. The molecule has 0 spiro atoms. The molecule has 0 radical (unpaired) electrons. The molecule has 42 heavy (non-hydrogen) atoms. The number of imidazole rings is 1. The Morgan fingerprint density at radius 1 is 0.476 bits per heavy atom. The van der Waals surface area contributed by atoms with Gasteiger partial charge in [-0.15, -0.1) is 0 Å². The number of fused-ring (bicyclic) bond motifs is 4. The molecule has 0 bridgehead atoms. The minimum Gasteiger partial charge on any atom is -0.324 e. The van der Waals surface area contributed by atoms with E-state index in [4.69, 9.17) is 15.0 Å². The molecule has 0 saturated carbocycles. The van der Waals surface area contributed by atoms with Crippen molar-refractivity contribution in [3.8, 4) is 45.3 Å². The largest absolute Gasteiger partial charge is 0.324 e. The van der Waals surface area contributed by atoms with Crippen LogP contribution in [0, 0.1) is 0 Å². The molecule has 0 N–H and O–H groups in total. The van der Waals surface area contributed by atoms with Gasteiger partial charge in [-0.05, 0) is 56.9 Å². The van der Waals surface area contributed by atoms with Gasteiger partial charge in [0.15, 0.2) is 11.6 Å². The first-order valence-electron chi connectivity index (χ1n) is 14.1. The highest BCUT2D eigenvalue weighted by atomic mass is 15.1. The summed E-state index contributed by atoms with van der Waals surface area (Å²) in [5.41, 5.74) is 8.17. The molecule has 4 heteroatoms. The topological polar surface area (TPSA) is 43.6 Å². The zero-order chi connectivity index (χ0) is 28.0. The highest BCUT2D eigenvalue weighted by Crippen LogP contribution is 2.36. The molecular formula is C38H26N4. The average Bonchev–Trinajstić information content (AvgIpc) is 3.41. The standard InChI is InChI=1S/C38H26N4/c1-42-36-18-10-9-17-33(36)41-38(42)37-39-34(27-21-19-26(20-22-27)25-11-3-2-4-12-25)24-35(40-37)32-23-28-13-5-6-14-29(28)30-15-7-8-16-31(30)32/h2-24H,1H3. The molecule has 0 aliphatic heterocycles. The lowest BCUT2D eigenvalue weighted by atomic mass is 9.95. The van der Waals surface area contributed by atoms with E-state index in [1.54, 1.807) is 0 Å². The van der Waals surface area contributed by atoms with Crippen molar-refractivity contribution in [1.82, 2.24) is 19.5 Å². The van der Waals surface area contributed by atoms with Gasteiger partial charge in [0.05, 0.1) is 22.4 Å². The molecule has 6 aromatic carbocycles. The second kappa shape index (κ2) is 9.79. The number of hydrogen-bond donors (Lipinski definition) is 0. The van der Waals surface area contributed by atoms with Gasteiger partial charge < -0.3 is 4.57 Å². The zero-order valence-electron chi connectivity index (χ0n) is 23.1. The fourth-order valence-electron chi connectivity index (χ4n) is 5.91. The summed E-state index contributed by atoms with van der Waals surface area (Å²) in [4.78, 5) is 15.2. The van der Waals surface area contributed by atoms with Crippen LogP contribution in [0.1, 0.15) is 0 Å². The number of nitrogens with zero attached hydrogens (tertiary/aromatic N) is 4. The van der Waals surface area contributed by atoms with E-state index < -0.39 is 0 Å². The number of hydrogen-bond acceptors (Lipinski definition) is 3. The van der Waals surface area contributed by atoms with Crippen LogP contribution in [0.25, 0.3) is 77.9 Å². The Bertz CT molecular complexity index is 2250. The molecule has 0 unspecified atom stereocenters. The van der Waals surface area contributed by atoms with E-state index in [1.807, 2.05) is 31.3 Å². The Labute approximate surface area is 243 Å². The summed E-state index contributed by atoms with van der Waals surface area (Å²) in [6, 6.07) is 48.7. The highest BCUT2D eigenvalue weighted by molar-refractivity contribution is 6.13. The summed E-state index contributed by atoms with van der Waals surface area (Å²) in [6.07, 6.45) is 0. The molecule has 2 heterocycles. The average molecular weight is 539 g/mol. The first-order chi connectivity index (χ1) is 20.7. The van der Waals surface area contributed by atoms with Crippen LogP contribution in [0.2, 0.25) is 0 Å². The van der Waals surface area contributed by atoms with Crippen LogP contribution in [-0.4, -0.2) is 19.5 Å². The van der Waals surface area contributed by atoms with Crippen molar-refractivity contribution in [3.63, 3.8) is 0 Å². The van der Waals surface area contributed by atoms with Crippen LogP contribution in [0.15, 0.2) is 140 Å². The van der Waals surface area contributed by atoms with Crippen LogP contribution >= 0.6 is 0 Å². The van der Waals surface area contributed by atoms with Gasteiger partial charge >= 0.3 is 0 Å². The van der Waals surface area contributed by atoms with E-state index in [1.165, 1.54) is 27.3 Å². The van der Waals surface area contributed by atoms with E-state index in [9.17, 15) is 0 Å². The maximum Gasteiger partial charge on any atom is 0.197 e. The molecule has 4 nitrogen and oxygen atoms in total. The lowest BCUT2D eigenvalue weighted by Gasteiger charge is -2.13. The number of rotatable bonds is 4. The molecule has 2 aromatic heterocycles. The minimum atomic E-state index is 0.602. The van der Waals surface area contributed by atoms with E-state index >= 15 is 0 Å². The number of para-hydroxylation sites is 2. The third-order valence-corrected chi connectivity index (χ3v) is 8.05. The molecule has 0 atom stereocenters. The Kier molecular flexibility index (Phi) is 5.64. The van der Waals surface area contributed by atoms with Gasteiger partial charge in [-0.3, -0.25) is 0 Å². The smallest absolute Gasteiger partial charge is 0.197 e. The lowest BCUT2D eigenvalue weighted by molar-refractivity contribution is 0.937. The maximum absolute atomic E-state index is 5.18. The molecule has 0 aliphatic carbocycles. The number of aromatic nitrogens is 4. The molecule has 8 aromatic rings. The molecule has 0 fully saturated rings. The van der Waals surface area contributed by atoms with E-state index in [0.717, 1.165) is 44.8 Å². The van der Waals surface area contributed by atoms with Crippen LogP contribution in [0.4, 0.5) is 0 Å². The lowest BCUT2D eigenvalue weighted by Crippen LogP contribution is -2.01. The van der Waals surface area contributed by atoms with Crippen LogP contribution in [-0.2, 0) is 7.05 Å². The van der Waals surface area contributed by atoms with Crippen LogP contribution in [0.3, 0.4) is 0 Å². The quantitative estimate of drug-likeness (QED) is 0.210. The van der Waals surface area contributed by atoms with Crippen molar-refractivity contribution in [1.29, 1.82) is 0 Å². The molecule has 0 saturated heterocycles. The van der Waals surface area contributed by atoms with Gasteiger partial charge in [-0.2, -0.15) is 0 Å². The van der Waals surface area contributed by atoms with Gasteiger partial charge in [0.25, 0.3) is 0 Å². The summed E-state index contributed by atoms with van der Waals surface area (Å²) in [7, 11) is 2.03. The molecular weight excluding hydrogens is 512 g/mol. The van der Waals surface area contributed by atoms with Crippen molar-refractivity contribution in [2.75, 3.05) is 0 Å². The maximum atomic E-state index is 5.18. The molecule has 0 aliphatic rings. The summed E-state index contributed by atoms with van der Waals surface area (Å²) in [5, 5.41) is 4.79. The van der Waals surface area contributed by atoms with E-state index in [2.05, 4.69) is 120 Å². The normalized spacial score (nSPS) is 11.5. The van der Waals surface area contributed by atoms with Crippen molar-refractivity contribution >= 4 is 32.6 Å². The molecule has 0 amide bonds. The Morgan fingerprint density at radius 2 is 1.10 bits per heavy atom. The van der Waals surface area contributed by atoms with Gasteiger partial charge in [0, 0.05) is 18.2 Å².